The zero-order chi connectivity index (χ0) is 26.1. The number of benzene rings is 1. The molecule has 0 bridgehead atoms. The molecule has 0 spiro atoms. The number of fused-ring (bicyclic) bond motifs is 3. The lowest BCUT2D eigenvalue weighted by Crippen LogP contribution is -2.76. The molecule has 2 fully saturated rings. The molecule has 12 nitrogen and oxygen atoms in total. The average Bonchev–Trinajstić information content (AvgIpc) is 2.78. The van der Waals surface area contributed by atoms with Gasteiger partial charge < -0.3 is 40.9 Å². The molecule has 4 rings (SSSR count). The van der Waals surface area contributed by atoms with Crippen molar-refractivity contribution in [2.24, 2.45) is 23.5 Å². The van der Waals surface area contributed by atoms with Gasteiger partial charge in [-0.1, -0.05) is 6.07 Å². The summed E-state index contributed by atoms with van der Waals surface area (Å²) in [4.78, 5) is 52.3. The number of ether oxygens (including phenoxy) is 1. The van der Waals surface area contributed by atoms with Crippen molar-refractivity contribution in [2.45, 2.75) is 23.9 Å². The Hall–Kier alpha value is -3.32. The van der Waals surface area contributed by atoms with Gasteiger partial charge in [0.25, 0.3) is 0 Å². The molecule has 3 aliphatic rings. The number of phenolic OH excluding ortho intramolecular Hbond substituents is 1. The maximum absolute atomic E-state index is 13.7. The molecule has 12 heteroatoms. The summed E-state index contributed by atoms with van der Waals surface area (Å²) < 4.78 is 4.60. The molecule has 0 saturated heterocycles. The number of likely N-dealkylation sites (N-methyl/N-ethyl adjacent to an activating group) is 1. The molecule has 35 heavy (non-hydrogen) atoms. The fraction of sp³-hybridized carbons (Fsp3) is 0.435. The van der Waals surface area contributed by atoms with Crippen LogP contribution in [0.15, 0.2) is 17.7 Å². The Balaban J connectivity index is 1.96. The number of nitrogens with zero attached hydrogens (tertiary/aromatic N) is 1. The Morgan fingerprint density at radius 3 is 2.29 bits per heavy atom. The van der Waals surface area contributed by atoms with E-state index in [9.17, 15) is 44.7 Å². The summed E-state index contributed by atoms with van der Waals surface area (Å²) in [5.74, 6) is -11.3. The Labute approximate surface area is 199 Å². The molecule has 4 unspecified atom stereocenters. The molecule has 187 valence electrons. The number of amides is 1. The summed E-state index contributed by atoms with van der Waals surface area (Å²) in [6.07, 6.45) is -2.08. The number of esters is 1. The standard InChI is InChI=1S/C23H25N2O10/c1-25(2)14-13-16(27)9-6-7-4-5-8(22(33)35-3)15(26)10(7)17(28)11(9)19(30)23(13,34)20(31)12(18(14)29)21(24)32/h4-6,9,12-14,16,18,26-29,34H,1-3H3,(H2,24,32)/t9?,12?,13?,14-,16-,18?,23-/m1/s1. The summed E-state index contributed by atoms with van der Waals surface area (Å²) in [5, 5.41) is 55.3. The van der Waals surface area contributed by atoms with Crippen LogP contribution in [0, 0.1) is 24.2 Å². The van der Waals surface area contributed by atoms with Gasteiger partial charge in [-0.25, -0.2) is 4.79 Å². The lowest BCUT2D eigenvalue weighted by molar-refractivity contribution is -0.197. The predicted molar refractivity (Wildman–Crippen MR) is 117 cm³/mol. The first kappa shape index (κ1) is 24.8. The minimum atomic E-state index is -3.02. The van der Waals surface area contributed by atoms with E-state index in [4.69, 9.17) is 5.73 Å². The molecule has 0 aliphatic heterocycles. The molecule has 1 radical (unpaired) electrons. The maximum Gasteiger partial charge on any atom is 0.341 e. The fourth-order valence-corrected chi connectivity index (χ4v) is 5.65. The van der Waals surface area contributed by atoms with Gasteiger partial charge >= 0.3 is 5.97 Å². The molecule has 1 aromatic rings. The van der Waals surface area contributed by atoms with E-state index in [1.165, 1.54) is 37.5 Å². The first-order chi connectivity index (χ1) is 16.3. The van der Waals surface area contributed by atoms with Crippen LogP contribution in [-0.4, -0.2) is 98.9 Å². The highest BCUT2D eigenvalue weighted by molar-refractivity contribution is 6.25. The van der Waals surface area contributed by atoms with Gasteiger partial charge in [-0.3, -0.25) is 14.4 Å². The Morgan fingerprint density at radius 2 is 1.74 bits per heavy atom. The van der Waals surface area contributed by atoms with E-state index < -0.39 is 82.1 Å². The van der Waals surface area contributed by atoms with Crippen LogP contribution >= 0.6 is 0 Å². The lowest BCUT2D eigenvalue weighted by atomic mass is 9.53. The number of hydrogen-bond donors (Lipinski definition) is 6. The monoisotopic (exact) mass is 489 g/mol. The van der Waals surface area contributed by atoms with Crippen LogP contribution in [0.2, 0.25) is 0 Å². The van der Waals surface area contributed by atoms with Crippen molar-refractivity contribution in [3.63, 3.8) is 0 Å². The molecule has 1 aromatic carbocycles. The molecule has 0 heterocycles. The number of ketones is 2. The smallest absolute Gasteiger partial charge is 0.341 e. The van der Waals surface area contributed by atoms with Crippen LogP contribution in [-0.2, 0) is 19.1 Å². The van der Waals surface area contributed by atoms with E-state index in [0.717, 1.165) is 7.11 Å². The molecule has 0 aromatic heterocycles. The highest BCUT2D eigenvalue weighted by atomic mass is 16.5. The summed E-state index contributed by atoms with van der Waals surface area (Å²) >= 11 is 0. The van der Waals surface area contributed by atoms with Crippen LogP contribution in [0.3, 0.4) is 0 Å². The van der Waals surface area contributed by atoms with Crippen molar-refractivity contribution < 1.29 is 49.4 Å². The number of methoxy groups -OCH3 is 1. The fourth-order valence-electron chi connectivity index (χ4n) is 5.65. The Morgan fingerprint density at radius 1 is 1.11 bits per heavy atom. The normalized spacial score (nSPS) is 34.3. The molecular weight excluding hydrogens is 464 g/mol. The van der Waals surface area contributed by atoms with Crippen LogP contribution in [0.4, 0.5) is 0 Å². The first-order valence-electron chi connectivity index (χ1n) is 10.7. The predicted octanol–water partition coefficient (Wildman–Crippen LogP) is -2.10. The van der Waals surface area contributed by atoms with Crippen molar-refractivity contribution >= 4 is 29.2 Å². The molecule has 1 amide bonds. The second-order valence-electron chi connectivity index (χ2n) is 9.17. The quantitative estimate of drug-likeness (QED) is 0.200. The highest BCUT2D eigenvalue weighted by Crippen LogP contribution is 2.53. The Bertz CT molecular complexity index is 1190. The number of rotatable bonds is 3. The van der Waals surface area contributed by atoms with Gasteiger partial charge in [0, 0.05) is 29.9 Å². The van der Waals surface area contributed by atoms with Gasteiger partial charge in [0.2, 0.25) is 11.7 Å². The van der Waals surface area contributed by atoms with Crippen LogP contribution < -0.4 is 5.73 Å². The van der Waals surface area contributed by atoms with Crippen LogP contribution in [0.1, 0.15) is 21.5 Å². The van der Waals surface area contributed by atoms with Crippen molar-refractivity contribution in [1.29, 1.82) is 0 Å². The number of primary amides is 1. The third kappa shape index (κ3) is 3.14. The van der Waals surface area contributed by atoms with Gasteiger partial charge in [-0.05, 0) is 25.7 Å². The van der Waals surface area contributed by atoms with E-state index in [1.807, 2.05) is 0 Å². The van der Waals surface area contributed by atoms with E-state index in [2.05, 4.69) is 4.74 Å². The number of nitrogens with two attached hydrogens (primary N) is 1. The minimum Gasteiger partial charge on any atom is -0.507 e. The number of aromatic hydroxyl groups is 1. The first-order valence-corrected chi connectivity index (χ1v) is 10.7. The third-order valence-corrected chi connectivity index (χ3v) is 7.23. The third-order valence-electron chi connectivity index (χ3n) is 7.23. The van der Waals surface area contributed by atoms with Crippen molar-refractivity contribution in [2.75, 3.05) is 21.2 Å². The second kappa shape index (κ2) is 8.12. The number of phenols is 1. The lowest BCUT2D eigenvalue weighted by Gasteiger charge is -2.55. The number of Topliss-reactive ketones (excluding diaryl/α,β-unsaturated/α-hetero) is 2. The van der Waals surface area contributed by atoms with E-state index >= 15 is 0 Å². The molecule has 7 atom stereocenters. The number of carbonyl (C=O) groups excluding carboxylic acids is 4. The van der Waals surface area contributed by atoms with Crippen molar-refractivity contribution in [3.05, 3.63) is 40.8 Å². The van der Waals surface area contributed by atoms with E-state index in [1.54, 1.807) is 0 Å². The van der Waals surface area contributed by atoms with Crippen LogP contribution in [0.5, 0.6) is 5.75 Å². The zero-order valence-corrected chi connectivity index (χ0v) is 19.0. The summed E-state index contributed by atoms with van der Waals surface area (Å²) in [6, 6.07) is 1.35. The average molecular weight is 489 g/mol. The van der Waals surface area contributed by atoms with Gasteiger partial charge in [-0.15, -0.1) is 0 Å². The van der Waals surface area contributed by atoms with Gasteiger partial charge in [0.05, 0.1) is 24.9 Å². The van der Waals surface area contributed by atoms with Gasteiger partial charge in [0.1, 0.15) is 23.0 Å². The molecule has 2 saturated carbocycles. The maximum atomic E-state index is 13.7. The summed E-state index contributed by atoms with van der Waals surface area (Å²) in [7, 11) is 4.01. The number of carbonyl (C=O) groups is 4. The van der Waals surface area contributed by atoms with Gasteiger partial charge in [-0.2, -0.15) is 0 Å². The largest absolute Gasteiger partial charge is 0.507 e. The van der Waals surface area contributed by atoms with Crippen LogP contribution in [0.25, 0.3) is 5.76 Å². The number of aliphatic hydroxyl groups excluding tert-OH is 3. The molecule has 3 aliphatic carbocycles. The Kier molecular flexibility index (Phi) is 5.75. The summed E-state index contributed by atoms with van der Waals surface area (Å²) in [6.45, 7) is 0. The number of hydrogen-bond acceptors (Lipinski definition) is 11. The second-order valence-corrected chi connectivity index (χ2v) is 9.17. The molecule has 7 N–H and O–H groups in total. The summed E-state index contributed by atoms with van der Waals surface area (Å²) in [5.41, 5.74) is 1.21. The van der Waals surface area contributed by atoms with E-state index in [0.29, 0.717) is 0 Å². The minimum absolute atomic E-state index is 0.165. The highest BCUT2D eigenvalue weighted by Gasteiger charge is 2.70. The topological polar surface area (TPSA) is 208 Å². The van der Waals surface area contributed by atoms with E-state index in [-0.39, 0.29) is 16.7 Å². The SMILES string of the molecule is COC(=O)c1ccc2c(c1O)C(O)=C1C(=O)[C@@]3(O)C(=O)C(C(N)=O)C(O)[C@H](N(C)C)C3[C@H](O)C1[CH]2. The molecular formula is C23H25N2O10. The number of aliphatic hydroxyl groups is 4. The van der Waals surface area contributed by atoms with Crippen molar-refractivity contribution in [3.8, 4) is 5.75 Å². The van der Waals surface area contributed by atoms with Gasteiger partial charge in [0.15, 0.2) is 11.4 Å². The zero-order valence-electron chi connectivity index (χ0n) is 19.0. The van der Waals surface area contributed by atoms with Crippen molar-refractivity contribution in [1.82, 2.24) is 4.90 Å².